The molecular weight excluding hydrogens is 184 g/mol. The summed E-state index contributed by atoms with van der Waals surface area (Å²) in [4.78, 5) is 2.43. The van der Waals surface area contributed by atoms with E-state index in [-0.39, 0.29) is 0 Å². The van der Waals surface area contributed by atoms with E-state index >= 15 is 0 Å². The average Bonchev–Trinajstić information content (AvgIpc) is 2.13. The third-order valence-electron chi connectivity index (χ3n) is 3.16. The highest BCUT2D eigenvalue weighted by Gasteiger charge is 2.26. The number of hydrogen-bond donors (Lipinski definition) is 1. The van der Waals surface area contributed by atoms with Gasteiger partial charge < -0.3 is 10.2 Å². The van der Waals surface area contributed by atoms with Crippen molar-refractivity contribution < 1.29 is 0 Å². The summed E-state index contributed by atoms with van der Waals surface area (Å²) in [7, 11) is 2.22. The Morgan fingerprint density at radius 1 is 1.20 bits per heavy atom. The lowest BCUT2D eigenvalue weighted by Gasteiger charge is -2.36. The number of nitrogens with zero attached hydrogens (tertiary/aromatic N) is 1. The summed E-state index contributed by atoms with van der Waals surface area (Å²) in [5.41, 5.74) is 0.346. The van der Waals surface area contributed by atoms with Crippen LogP contribution in [0.3, 0.4) is 0 Å². The van der Waals surface area contributed by atoms with Crippen molar-refractivity contribution in [3.8, 4) is 0 Å². The Labute approximate surface area is 96.4 Å². The van der Waals surface area contributed by atoms with E-state index in [1.54, 1.807) is 0 Å². The summed E-state index contributed by atoms with van der Waals surface area (Å²) in [5.74, 6) is 0. The second-order valence-electron chi connectivity index (χ2n) is 5.40. The van der Waals surface area contributed by atoms with E-state index in [2.05, 4.69) is 51.9 Å². The molecule has 0 amide bonds. The van der Waals surface area contributed by atoms with Crippen LogP contribution in [0.5, 0.6) is 0 Å². The fourth-order valence-electron chi connectivity index (χ4n) is 1.93. The van der Waals surface area contributed by atoms with Gasteiger partial charge in [0.25, 0.3) is 0 Å². The van der Waals surface area contributed by atoms with Crippen LogP contribution in [0.15, 0.2) is 0 Å². The van der Waals surface area contributed by atoms with Crippen LogP contribution in [0.1, 0.15) is 47.5 Å². The lowest BCUT2D eigenvalue weighted by atomic mass is 9.84. The summed E-state index contributed by atoms with van der Waals surface area (Å²) in [6.07, 6.45) is 2.45. The molecule has 0 aliphatic rings. The zero-order valence-electron chi connectivity index (χ0n) is 11.6. The van der Waals surface area contributed by atoms with Crippen LogP contribution in [0, 0.1) is 5.41 Å². The fourth-order valence-corrected chi connectivity index (χ4v) is 1.93. The molecule has 0 radical (unpaired) electrons. The fraction of sp³-hybridized carbons (Fsp3) is 1.00. The Balaban J connectivity index is 4.02. The summed E-state index contributed by atoms with van der Waals surface area (Å²) in [6, 6.07) is 0.580. The molecule has 1 atom stereocenters. The predicted octanol–water partition coefficient (Wildman–Crippen LogP) is 2.74. The molecular formula is C13H30N2. The van der Waals surface area contributed by atoms with Crippen molar-refractivity contribution in [3.05, 3.63) is 0 Å². The first kappa shape index (κ1) is 14.9. The van der Waals surface area contributed by atoms with Gasteiger partial charge in [0, 0.05) is 12.6 Å². The van der Waals surface area contributed by atoms with Crippen LogP contribution < -0.4 is 5.32 Å². The summed E-state index contributed by atoms with van der Waals surface area (Å²) < 4.78 is 0. The van der Waals surface area contributed by atoms with E-state index in [1.165, 1.54) is 25.9 Å². The van der Waals surface area contributed by atoms with Crippen LogP contribution in [-0.2, 0) is 0 Å². The molecule has 0 saturated carbocycles. The molecule has 0 saturated heterocycles. The standard InChI is InChI=1S/C13H30N2/c1-7-9-14-12(3)13(4,5)11-15(6)10-8-2/h12,14H,7-11H2,1-6H3. The Bertz CT molecular complexity index is 155. The zero-order valence-corrected chi connectivity index (χ0v) is 11.6. The molecule has 15 heavy (non-hydrogen) atoms. The van der Waals surface area contributed by atoms with Gasteiger partial charge in [0.2, 0.25) is 0 Å². The lowest BCUT2D eigenvalue weighted by Crippen LogP contribution is -2.46. The molecule has 0 rings (SSSR count). The molecule has 0 spiro atoms. The minimum atomic E-state index is 0.346. The van der Waals surface area contributed by atoms with E-state index < -0.39 is 0 Å². The highest BCUT2D eigenvalue weighted by atomic mass is 15.1. The number of hydrogen-bond acceptors (Lipinski definition) is 2. The molecule has 0 aliphatic heterocycles. The van der Waals surface area contributed by atoms with Crippen molar-refractivity contribution in [1.82, 2.24) is 10.2 Å². The second-order valence-corrected chi connectivity index (χ2v) is 5.40. The maximum atomic E-state index is 3.59. The van der Waals surface area contributed by atoms with E-state index in [1.807, 2.05) is 0 Å². The minimum Gasteiger partial charge on any atom is -0.314 e. The Morgan fingerprint density at radius 3 is 2.27 bits per heavy atom. The Kier molecular flexibility index (Phi) is 7.20. The predicted molar refractivity (Wildman–Crippen MR) is 69.3 cm³/mol. The van der Waals surface area contributed by atoms with E-state index in [0.717, 1.165) is 6.54 Å². The third-order valence-corrected chi connectivity index (χ3v) is 3.16. The van der Waals surface area contributed by atoms with Gasteiger partial charge in [-0.3, -0.25) is 0 Å². The van der Waals surface area contributed by atoms with Crippen LogP contribution in [0.4, 0.5) is 0 Å². The van der Waals surface area contributed by atoms with Crippen LogP contribution >= 0.6 is 0 Å². The first-order valence-corrected chi connectivity index (χ1v) is 6.36. The van der Waals surface area contributed by atoms with Gasteiger partial charge in [-0.05, 0) is 45.3 Å². The van der Waals surface area contributed by atoms with E-state index in [4.69, 9.17) is 0 Å². The third kappa shape index (κ3) is 6.16. The van der Waals surface area contributed by atoms with Gasteiger partial charge in [0.15, 0.2) is 0 Å². The highest BCUT2D eigenvalue weighted by Crippen LogP contribution is 2.21. The van der Waals surface area contributed by atoms with Gasteiger partial charge in [-0.1, -0.05) is 27.7 Å². The van der Waals surface area contributed by atoms with Crippen molar-refractivity contribution in [2.75, 3.05) is 26.7 Å². The minimum absolute atomic E-state index is 0.346. The Morgan fingerprint density at radius 2 is 1.80 bits per heavy atom. The topological polar surface area (TPSA) is 15.3 Å². The van der Waals surface area contributed by atoms with Crippen LogP contribution in [-0.4, -0.2) is 37.6 Å². The van der Waals surface area contributed by atoms with Gasteiger partial charge >= 0.3 is 0 Å². The molecule has 0 aromatic rings. The zero-order chi connectivity index (χ0) is 11.9. The molecule has 1 N–H and O–H groups in total. The van der Waals surface area contributed by atoms with Gasteiger partial charge in [0.05, 0.1) is 0 Å². The number of nitrogens with one attached hydrogen (secondary N) is 1. The quantitative estimate of drug-likeness (QED) is 0.668. The van der Waals surface area contributed by atoms with E-state index in [0.29, 0.717) is 11.5 Å². The van der Waals surface area contributed by atoms with Crippen molar-refractivity contribution >= 4 is 0 Å². The first-order valence-electron chi connectivity index (χ1n) is 6.36. The van der Waals surface area contributed by atoms with Gasteiger partial charge in [-0.25, -0.2) is 0 Å². The maximum Gasteiger partial charge on any atom is 0.0102 e. The summed E-state index contributed by atoms with van der Waals surface area (Å²) >= 11 is 0. The monoisotopic (exact) mass is 214 g/mol. The number of rotatable bonds is 8. The van der Waals surface area contributed by atoms with Crippen LogP contribution in [0.25, 0.3) is 0 Å². The van der Waals surface area contributed by atoms with Gasteiger partial charge in [-0.2, -0.15) is 0 Å². The molecule has 0 aromatic heterocycles. The summed E-state index contributed by atoms with van der Waals surface area (Å²) in [6.45, 7) is 15.0. The molecule has 0 aliphatic carbocycles. The van der Waals surface area contributed by atoms with Crippen molar-refractivity contribution in [2.45, 2.75) is 53.5 Å². The van der Waals surface area contributed by atoms with Gasteiger partial charge in [0.1, 0.15) is 0 Å². The smallest absolute Gasteiger partial charge is 0.0102 e. The first-order chi connectivity index (χ1) is 6.94. The summed E-state index contributed by atoms with van der Waals surface area (Å²) in [5, 5.41) is 3.59. The molecule has 0 fully saturated rings. The Hall–Kier alpha value is -0.0800. The van der Waals surface area contributed by atoms with Crippen molar-refractivity contribution in [3.63, 3.8) is 0 Å². The molecule has 2 heteroatoms. The highest BCUT2D eigenvalue weighted by molar-refractivity contribution is 4.83. The lowest BCUT2D eigenvalue weighted by molar-refractivity contribution is 0.165. The van der Waals surface area contributed by atoms with Crippen LogP contribution in [0.2, 0.25) is 0 Å². The largest absolute Gasteiger partial charge is 0.314 e. The molecule has 92 valence electrons. The average molecular weight is 214 g/mol. The van der Waals surface area contributed by atoms with Crippen molar-refractivity contribution in [1.29, 1.82) is 0 Å². The second kappa shape index (κ2) is 7.24. The molecule has 1 unspecified atom stereocenters. The molecule has 0 aromatic carbocycles. The molecule has 0 bridgehead atoms. The maximum absolute atomic E-state index is 3.59. The molecule has 0 heterocycles. The SMILES string of the molecule is CCCNC(C)C(C)(C)CN(C)CCC. The van der Waals surface area contributed by atoms with E-state index in [9.17, 15) is 0 Å². The van der Waals surface area contributed by atoms with Gasteiger partial charge in [-0.15, -0.1) is 0 Å². The normalized spacial score (nSPS) is 14.6. The van der Waals surface area contributed by atoms with Crippen molar-refractivity contribution in [2.24, 2.45) is 5.41 Å². The molecule has 2 nitrogen and oxygen atoms in total.